The summed E-state index contributed by atoms with van der Waals surface area (Å²) in [7, 11) is 0. The Balaban J connectivity index is 0.00000245. The SMILES string of the molecule is C[C@H]1CN(c2ccc(C(F)(F)F)cc2)C(=O)c2c(-c3ccc4c(c3)CCCN4)cnn21.Cl. The van der Waals surface area contributed by atoms with Gasteiger partial charge in [-0.1, -0.05) is 6.07 Å². The second-order valence-electron chi connectivity index (χ2n) is 8.06. The van der Waals surface area contributed by atoms with E-state index in [1.165, 1.54) is 22.6 Å². The van der Waals surface area contributed by atoms with Crippen molar-refractivity contribution >= 4 is 29.7 Å². The standard InChI is InChI=1S/C23H21F3N4O.ClH/c1-14-13-29(18-7-5-17(6-8-18)23(24,25)26)22(31)21-19(12-28-30(14)21)15-4-9-20-16(11-15)3-2-10-27-20;/h4-9,11-12,14,27H,2-3,10,13H2,1H3;1H/t14-;/m0./s1. The minimum absolute atomic E-state index is 0. The molecule has 1 aromatic heterocycles. The van der Waals surface area contributed by atoms with E-state index in [1.807, 2.05) is 19.1 Å². The molecule has 0 spiro atoms. The molecule has 1 amide bonds. The Morgan fingerprint density at radius 2 is 1.88 bits per heavy atom. The number of alkyl halides is 3. The Labute approximate surface area is 189 Å². The number of halogens is 4. The summed E-state index contributed by atoms with van der Waals surface area (Å²) in [5, 5.41) is 7.84. The molecule has 9 heteroatoms. The summed E-state index contributed by atoms with van der Waals surface area (Å²) in [6, 6.07) is 10.7. The molecule has 0 unspecified atom stereocenters. The van der Waals surface area contributed by atoms with Gasteiger partial charge < -0.3 is 10.2 Å². The quantitative estimate of drug-likeness (QED) is 0.541. The molecule has 0 bridgehead atoms. The number of aryl methyl sites for hydroxylation is 1. The van der Waals surface area contributed by atoms with E-state index >= 15 is 0 Å². The predicted octanol–water partition coefficient (Wildman–Crippen LogP) is 5.57. The lowest BCUT2D eigenvalue weighted by atomic mass is 9.96. The third kappa shape index (κ3) is 3.72. The summed E-state index contributed by atoms with van der Waals surface area (Å²) < 4.78 is 40.5. The number of hydrogen-bond acceptors (Lipinski definition) is 3. The number of hydrogen-bond donors (Lipinski definition) is 1. The molecule has 0 saturated heterocycles. The van der Waals surface area contributed by atoms with Crippen LogP contribution < -0.4 is 10.2 Å². The van der Waals surface area contributed by atoms with Crippen LogP contribution in [0.1, 0.15) is 41.0 Å². The molecule has 0 aliphatic carbocycles. The minimum atomic E-state index is -4.41. The van der Waals surface area contributed by atoms with Crippen LogP contribution in [0.25, 0.3) is 11.1 Å². The Hall–Kier alpha value is -3.00. The van der Waals surface area contributed by atoms with E-state index < -0.39 is 11.7 Å². The highest BCUT2D eigenvalue weighted by atomic mass is 35.5. The fraction of sp³-hybridized carbons (Fsp3) is 0.304. The number of carbonyl (C=O) groups is 1. The topological polar surface area (TPSA) is 50.2 Å². The predicted molar refractivity (Wildman–Crippen MR) is 120 cm³/mol. The zero-order chi connectivity index (χ0) is 21.8. The van der Waals surface area contributed by atoms with E-state index in [9.17, 15) is 18.0 Å². The van der Waals surface area contributed by atoms with Crippen molar-refractivity contribution in [3.8, 4) is 11.1 Å². The van der Waals surface area contributed by atoms with Gasteiger partial charge in [-0.05, 0) is 67.3 Å². The van der Waals surface area contributed by atoms with Gasteiger partial charge in [0.25, 0.3) is 5.91 Å². The van der Waals surface area contributed by atoms with Gasteiger partial charge >= 0.3 is 6.18 Å². The zero-order valence-corrected chi connectivity index (χ0v) is 18.1. The van der Waals surface area contributed by atoms with Gasteiger partial charge in [-0.15, -0.1) is 12.4 Å². The van der Waals surface area contributed by atoms with Crippen molar-refractivity contribution in [3.05, 3.63) is 65.5 Å². The molecular formula is C23H22ClF3N4O. The van der Waals surface area contributed by atoms with Crippen molar-refractivity contribution < 1.29 is 18.0 Å². The van der Waals surface area contributed by atoms with E-state index in [0.717, 1.165) is 48.3 Å². The molecule has 5 rings (SSSR count). The molecule has 5 nitrogen and oxygen atoms in total. The average Bonchev–Trinajstić information content (AvgIpc) is 3.22. The number of aromatic nitrogens is 2. The number of anilines is 2. The fourth-order valence-electron chi connectivity index (χ4n) is 4.37. The second-order valence-corrected chi connectivity index (χ2v) is 8.06. The van der Waals surface area contributed by atoms with E-state index in [4.69, 9.17) is 0 Å². The summed E-state index contributed by atoms with van der Waals surface area (Å²) in [4.78, 5) is 15.0. The maximum absolute atomic E-state index is 13.4. The first-order valence-corrected chi connectivity index (χ1v) is 10.3. The van der Waals surface area contributed by atoms with Crippen molar-refractivity contribution in [1.29, 1.82) is 0 Å². The van der Waals surface area contributed by atoms with Crippen LogP contribution in [-0.2, 0) is 12.6 Å². The van der Waals surface area contributed by atoms with Crippen molar-refractivity contribution in [3.63, 3.8) is 0 Å². The van der Waals surface area contributed by atoms with Gasteiger partial charge in [0.15, 0.2) is 0 Å². The number of fused-ring (bicyclic) bond motifs is 2. The van der Waals surface area contributed by atoms with Crippen LogP contribution in [-0.4, -0.2) is 28.8 Å². The molecule has 1 N–H and O–H groups in total. The Morgan fingerprint density at radius 3 is 2.59 bits per heavy atom. The van der Waals surface area contributed by atoms with E-state index in [0.29, 0.717) is 17.9 Å². The van der Waals surface area contributed by atoms with Crippen LogP contribution >= 0.6 is 12.4 Å². The van der Waals surface area contributed by atoms with Gasteiger partial charge in [-0.3, -0.25) is 9.48 Å². The number of nitrogens with one attached hydrogen (secondary N) is 1. The number of nitrogens with zero attached hydrogens (tertiary/aromatic N) is 3. The van der Waals surface area contributed by atoms with Gasteiger partial charge in [-0.2, -0.15) is 18.3 Å². The molecule has 1 atom stereocenters. The Kier molecular flexibility index (Phi) is 5.67. The van der Waals surface area contributed by atoms with Crippen LogP contribution in [0.4, 0.5) is 24.5 Å². The van der Waals surface area contributed by atoms with Gasteiger partial charge in [0.2, 0.25) is 0 Å². The highest BCUT2D eigenvalue weighted by Crippen LogP contribution is 2.36. The van der Waals surface area contributed by atoms with Crippen LogP contribution in [0, 0.1) is 0 Å². The lowest BCUT2D eigenvalue weighted by Crippen LogP contribution is -2.42. The first-order chi connectivity index (χ1) is 14.8. The molecule has 0 saturated carbocycles. The second kappa shape index (κ2) is 8.16. The molecular weight excluding hydrogens is 441 g/mol. The average molecular weight is 463 g/mol. The summed E-state index contributed by atoms with van der Waals surface area (Å²) in [6.07, 6.45) is -0.676. The Bertz CT molecular complexity index is 1160. The number of rotatable bonds is 2. The molecule has 3 aromatic rings. The molecule has 32 heavy (non-hydrogen) atoms. The summed E-state index contributed by atoms with van der Waals surface area (Å²) in [5.41, 5.74) is 4.14. The van der Waals surface area contributed by atoms with E-state index in [-0.39, 0.29) is 24.4 Å². The van der Waals surface area contributed by atoms with Crippen molar-refractivity contribution in [2.45, 2.75) is 32.0 Å². The first kappa shape index (κ1) is 22.2. The van der Waals surface area contributed by atoms with Crippen LogP contribution in [0.2, 0.25) is 0 Å². The van der Waals surface area contributed by atoms with Crippen molar-refractivity contribution in [1.82, 2.24) is 9.78 Å². The highest BCUT2D eigenvalue weighted by Gasteiger charge is 2.35. The molecule has 2 aliphatic heterocycles. The number of amides is 1. The summed E-state index contributed by atoms with van der Waals surface area (Å²) >= 11 is 0. The largest absolute Gasteiger partial charge is 0.416 e. The maximum atomic E-state index is 13.4. The monoisotopic (exact) mass is 462 g/mol. The number of benzene rings is 2. The molecule has 3 heterocycles. The van der Waals surface area contributed by atoms with Crippen LogP contribution in [0.5, 0.6) is 0 Å². The van der Waals surface area contributed by atoms with Crippen LogP contribution in [0.3, 0.4) is 0 Å². The lowest BCUT2D eigenvalue weighted by Gasteiger charge is -2.32. The van der Waals surface area contributed by atoms with E-state index in [1.54, 1.807) is 10.9 Å². The molecule has 2 aromatic carbocycles. The van der Waals surface area contributed by atoms with Crippen molar-refractivity contribution in [2.75, 3.05) is 23.3 Å². The molecule has 168 valence electrons. The van der Waals surface area contributed by atoms with Gasteiger partial charge in [-0.25, -0.2) is 0 Å². The smallest absolute Gasteiger partial charge is 0.385 e. The molecule has 2 aliphatic rings. The van der Waals surface area contributed by atoms with Gasteiger partial charge in [0.05, 0.1) is 17.8 Å². The third-order valence-electron chi connectivity index (χ3n) is 5.97. The Morgan fingerprint density at radius 1 is 1.12 bits per heavy atom. The first-order valence-electron chi connectivity index (χ1n) is 10.3. The van der Waals surface area contributed by atoms with Gasteiger partial charge in [0.1, 0.15) is 5.69 Å². The highest BCUT2D eigenvalue weighted by molar-refractivity contribution is 6.09. The normalized spacial score (nSPS) is 17.8. The van der Waals surface area contributed by atoms with Crippen LogP contribution in [0.15, 0.2) is 48.7 Å². The maximum Gasteiger partial charge on any atom is 0.416 e. The third-order valence-corrected chi connectivity index (χ3v) is 5.97. The number of carbonyl (C=O) groups excluding carboxylic acids is 1. The lowest BCUT2D eigenvalue weighted by molar-refractivity contribution is -0.137. The minimum Gasteiger partial charge on any atom is -0.385 e. The van der Waals surface area contributed by atoms with E-state index in [2.05, 4.69) is 16.5 Å². The molecule has 0 fully saturated rings. The summed E-state index contributed by atoms with van der Waals surface area (Å²) in [6.45, 7) is 3.24. The van der Waals surface area contributed by atoms with Gasteiger partial charge in [0, 0.05) is 30.0 Å². The van der Waals surface area contributed by atoms with Crippen molar-refractivity contribution in [2.24, 2.45) is 0 Å². The molecule has 0 radical (unpaired) electrons. The summed E-state index contributed by atoms with van der Waals surface area (Å²) in [5.74, 6) is -0.263. The fourth-order valence-corrected chi connectivity index (χ4v) is 4.37. The zero-order valence-electron chi connectivity index (χ0n) is 17.3.